The summed E-state index contributed by atoms with van der Waals surface area (Å²) in [5, 5.41) is 0. The van der Waals surface area contributed by atoms with Gasteiger partial charge in [-0.05, 0) is 38.3 Å². The number of hydrogen-bond donors (Lipinski definition) is 0. The fourth-order valence-corrected chi connectivity index (χ4v) is 4.27. The molecule has 0 aliphatic carbocycles. The third-order valence-corrected chi connectivity index (χ3v) is 6.22. The quantitative estimate of drug-likeness (QED) is 0.691. The van der Waals surface area contributed by atoms with Crippen LogP contribution < -0.4 is 9.64 Å². The number of aromatic nitrogens is 2. The molecule has 170 valence electrons. The Kier molecular flexibility index (Phi) is 6.58. The maximum atomic E-state index is 12.7. The van der Waals surface area contributed by atoms with Crippen molar-refractivity contribution >= 4 is 17.5 Å². The molecule has 2 fully saturated rings. The Balaban J connectivity index is 1.33. The van der Waals surface area contributed by atoms with Gasteiger partial charge in [-0.15, -0.1) is 0 Å². The van der Waals surface area contributed by atoms with E-state index in [9.17, 15) is 9.59 Å². The van der Waals surface area contributed by atoms with E-state index < -0.39 is 0 Å². The molecule has 0 spiro atoms. The molecule has 0 saturated carbocycles. The highest BCUT2D eigenvalue weighted by atomic mass is 16.5. The summed E-state index contributed by atoms with van der Waals surface area (Å²) in [4.78, 5) is 40.1. The zero-order valence-corrected chi connectivity index (χ0v) is 19.1. The minimum absolute atomic E-state index is 0.00671. The topological polar surface area (TPSA) is 78.9 Å². The van der Waals surface area contributed by atoms with Gasteiger partial charge in [-0.2, -0.15) is 0 Å². The number of rotatable bonds is 6. The normalized spacial score (nSPS) is 18.2. The molecule has 8 nitrogen and oxygen atoms in total. The second-order valence-electron chi connectivity index (χ2n) is 8.73. The minimum atomic E-state index is -0.0414. The zero-order valence-electron chi connectivity index (χ0n) is 19.1. The van der Waals surface area contributed by atoms with Gasteiger partial charge in [0.2, 0.25) is 0 Å². The molecule has 1 atom stereocenters. The molecule has 2 aromatic rings. The number of likely N-dealkylation sites (tertiary alicyclic amines) is 2. The van der Waals surface area contributed by atoms with Crippen LogP contribution in [0.5, 0.6) is 5.75 Å². The summed E-state index contributed by atoms with van der Waals surface area (Å²) in [6.07, 6.45) is 4.57. The van der Waals surface area contributed by atoms with E-state index in [4.69, 9.17) is 4.74 Å². The van der Waals surface area contributed by atoms with E-state index in [0.717, 1.165) is 38.0 Å². The van der Waals surface area contributed by atoms with Gasteiger partial charge >= 0.3 is 0 Å². The molecule has 1 aromatic carbocycles. The Hall–Kier alpha value is -3.16. The van der Waals surface area contributed by atoms with Gasteiger partial charge in [-0.25, -0.2) is 9.97 Å². The summed E-state index contributed by atoms with van der Waals surface area (Å²) >= 11 is 0. The number of benzene rings is 1. The number of carbonyl (C=O) groups excluding carboxylic acids is 2. The van der Waals surface area contributed by atoms with Gasteiger partial charge in [-0.1, -0.05) is 6.07 Å². The Bertz CT molecular complexity index is 987. The van der Waals surface area contributed by atoms with Crippen molar-refractivity contribution in [2.24, 2.45) is 0 Å². The molecular formula is C24H31N5O3. The van der Waals surface area contributed by atoms with Gasteiger partial charge in [0.05, 0.1) is 11.3 Å². The summed E-state index contributed by atoms with van der Waals surface area (Å²) < 4.78 is 5.73. The first kappa shape index (κ1) is 22.0. The van der Waals surface area contributed by atoms with Crippen LogP contribution in [0.25, 0.3) is 0 Å². The van der Waals surface area contributed by atoms with Gasteiger partial charge in [-0.3, -0.25) is 9.59 Å². The average Bonchev–Trinajstić information content (AvgIpc) is 3.50. The molecule has 2 aliphatic rings. The number of carbonyl (C=O) groups is 2. The van der Waals surface area contributed by atoms with E-state index in [1.165, 1.54) is 0 Å². The highest BCUT2D eigenvalue weighted by molar-refractivity contribution is 5.95. The number of hydrogen-bond acceptors (Lipinski definition) is 6. The van der Waals surface area contributed by atoms with Gasteiger partial charge in [0, 0.05) is 64.1 Å². The number of ether oxygens (including phenoxy) is 1. The number of anilines is 1. The summed E-state index contributed by atoms with van der Waals surface area (Å²) in [5.41, 5.74) is 2.31. The van der Waals surface area contributed by atoms with Crippen molar-refractivity contribution in [1.29, 1.82) is 0 Å². The smallest absolute Gasteiger partial charge is 0.260 e. The maximum absolute atomic E-state index is 12.7. The first-order chi connectivity index (χ1) is 15.4. The molecular weight excluding hydrogens is 406 g/mol. The monoisotopic (exact) mass is 437 g/mol. The van der Waals surface area contributed by atoms with E-state index in [1.54, 1.807) is 6.20 Å². The number of nitrogens with zero attached hydrogens (tertiary/aromatic N) is 5. The highest BCUT2D eigenvalue weighted by Crippen LogP contribution is 2.26. The van der Waals surface area contributed by atoms with Crippen LogP contribution in [-0.4, -0.2) is 78.5 Å². The first-order valence-corrected chi connectivity index (χ1v) is 11.2. The van der Waals surface area contributed by atoms with Gasteiger partial charge in [0.15, 0.2) is 6.61 Å². The van der Waals surface area contributed by atoms with Crippen LogP contribution in [0.3, 0.4) is 0 Å². The van der Waals surface area contributed by atoms with Crippen molar-refractivity contribution in [3.8, 4) is 5.75 Å². The number of aryl methyl sites for hydroxylation is 1. The number of amides is 2. The lowest BCUT2D eigenvalue weighted by Crippen LogP contribution is -2.33. The third-order valence-electron chi connectivity index (χ3n) is 6.22. The van der Waals surface area contributed by atoms with E-state index in [1.807, 2.05) is 60.0 Å². The third kappa shape index (κ3) is 4.84. The molecule has 0 radical (unpaired) electrons. The van der Waals surface area contributed by atoms with Crippen LogP contribution in [-0.2, 0) is 4.79 Å². The molecule has 1 aromatic heterocycles. The molecule has 0 bridgehead atoms. The molecule has 2 aliphatic heterocycles. The summed E-state index contributed by atoms with van der Waals surface area (Å²) in [6.45, 7) is 4.71. The van der Waals surface area contributed by atoms with Crippen molar-refractivity contribution in [1.82, 2.24) is 19.8 Å². The fourth-order valence-electron chi connectivity index (χ4n) is 4.27. The van der Waals surface area contributed by atoms with E-state index in [0.29, 0.717) is 35.9 Å². The second-order valence-corrected chi connectivity index (χ2v) is 8.73. The fraction of sp³-hybridized carbons (Fsp3) is 0.500. The predicted octanol–water partition coefficient (Wildman–Crippen LogP) is 2.48. The molecule has 8 heteroatoms. The van der Waals surface area contributed by atoms with Crippen LogP contribution in [0.4, 0.5) is 5.69 Å². The lowest BCUT2D eigenvalue weighted by atomic mass is 10.1. The molecule has 2 saturated heterocycles. The molecule has 0 unspecified atom stereocenters. The van der Waals surface area contributed by atoms with Crippen LogP contribution >= 0.6 is 0 Å². The van der Waals surface area contributed by atoms with Crippen LogP contribution in [0.1, 0.15) is 47.1 Å². The van der Waals surface area contributed by atoms with Crippen molar-refractivity contribution in [3.05, 3.63) is 47.5 Å². The molecule has 2 amide bonds. The molecule has 3 heterocycles. The average molecular weight is 438 g/mol. The van der Waals surface area contributed by atoms with E-state index >= 15 is 0 Å². The van der Waals surface area contributed by atoms with Crippen LogP contribution in [0.2, 0.25) is 0 Å². The molecule has 32 heavy (non-hydrogen) atoms. The van der Waals surface area contributed by atoms with Crippen molar-refractivity contribution in [3.63, 3.8) is 0 Å². The predicted molar refractivity (Wildman–Crippen MR) is 122 cm³/mol. The lowest BCUT2D eigenvalue weighted by Gasteiger charge is -2.18. The SMILES string of the molecule is Cc1nc([C@H]2CCN(C(=O)COc3cccc(N(C)C)c3)C2)ncc1C(=O)N1CCCC1. The van der Waals surface area contributed by atoms with Crippen LogP contribution in [0, 0.1) is 6.92 Å². The standard InChI is InChI=1S/C24H31N5O3/c1-17-21(24(31)28-10-4-5-11-28)14-25-23(26-17)18-9-12-29(15-18)22(30)16-32-20-8-6-7-19(13-20)27(2)3/h6-8,13-14,18H,4-5,9-12,15-16H2,1-3H3/t18-/m0/s1. The largest absolute Gasteiger partial charge is 0.484 e. The van der Waals surface area contributed by atoms with E-state index in [2.05, 4.69) is 9.97 Å². The Morgan fingerprint density at radius 2 is 1.94 bits per heavy atom. The lowest BCUT2D eigenvalue weighted by molar-refractivity contribution is -0.132. The van der Waals surface area contributed by atoms with Crippen molar-refractivity contribution in [2.45, 2.75) is 32.1 Å². The first-order valence-electron chi connectivity index (χ1n) is 11.2. The summed E-state index contributed by atoms with van der Waals surface area (Å²) in [6, 6.07) is 7.68. The summed E-state index contributed by atoms with van der Waals surface area (Å²) in [7, 11) is 3.93. The molecule has 4 rings (SSSR count). The second kappa shape index (κ2) is 9.54. The van der Waals surface area contributed by atoms with Crippen LogP contribution in [0.15, 0.2) is 30.5 Å². The van der Waals surface area contributed by atoms with Crippen molar-refractivity contribution < 1.29 is 14.3 Å². The van der Waals surface area contributed by atoms with E-state index in [-0.39, 0.29) is 24.3 Å². The van der Waals surface area contributed by atoms with Gasteiger partial charge in [0.25, 0.3) is 11.8 Å². The minimum Gasteiger partial charge on any atom is -0.484 e. The maximum Gasteiger partial charge on any atom is 0.260 e. The van der Waals surface area contributed by atoms with Crippen molar-refractivity contribution in [2.75, 3.05) is 51.8 Å². The highest BCUT2D eigenvalue weighted by Gasteiger charge is 2.30. The molecule has 0 N–H and O–H groups in total. The zero-order chi connectivity index (χ0) is 22.7. The Morgan fingerprint density at radius 1 is 1.16 bits per heavy atom. The summed E-state index contributed by atoms with van der Waals surface area (Å²) in [5.74, 6) is 1.43. The van der Waals surface area contributed by atoms with Gasteiger partial charge in [0.1, 0.15) is 11.6 Å². The Labute approximate surface area is 189 Å². The van der Waals surface area contributed by atoms with Gasteiger partial charge < -0.3 is 19.4 Å². The Morgan fingerprint density at radius 3 is 2.66 bits per heavy atom.